The summed E-state index contributed by atoms with van der Waals surface area (Å²) in [5.74, 6) is -0.167. The van der Waals surface area contributed by atoms with Gasteiger partial charge < -0.3 is 10.1 Å². The minimum absolute atomic E-state index is 0.167. The lowest BCUT2D eigenvalue weighted by Crippen LogP contribution is -2.39. The molecule has 0 bridgehead atoms. The molecule has 0 atom stereocenters. The molecule has 1 aromatic rings. The third-order valence-electron chi connectivity index (χ3n) is 3.11. The maximum absolute atomic E-state index is 12.1. The predicted molar refractivity (Wildman–Crippen MR) is 71.8 cm³/mol. The molecule has 0 fully saturated rings. The van der Waals surface area contributed by atoms with Crippen LogP contribution in [0.1, 0.15) is 45.1 Å². The molecule has 1 amide bonds. The Morgan fingerprint density at radius 3 is 2.33 bits per heavy atom. The van der Waals surface area contributed by atoms with Crippen molar-refractivity contribution in [3.8, 4) is 0 Å². The number of nitrogens with one attached hydrogen (secondary N) is 1. The fourth-order valence-corrected chi connectivity index (χ4v) is 1.70. The molecule has 0 aliphatic rings. The first kappa shape index (κ1) is 14.7. The zero-order chi connectivity index (χ0) is 14.1. The maximum atomic E-state index is 12.1. The van der Waals surface area contributed by atoms with Crippen molar-refractivity contribution in [2.75, 3.05) is 12.4 Å². The third kappa shape index (κ3) is 2.72. The average molecular weight is 253 g/mol. The van der Waals surface area contributed by atoms with E-state index < -0.39 is 5.60 Å². The van der Waals surface area contributed by atoms with Crippen molar-refractivity contribution in [3.05, 3.63) is 11.4 Å². The van der Waals surface area contributed by atoms with Gasteiger partial charge in [0.15, 0.2) is 0 Å². The zero-order valence-electron chi connectivity index (χ0n) is 12.3. The van der Waals surface area contributed by atoms with Gasteiger partial charge in [-0.3, -0.25) is 9.48 Å². The second-order valence-electron chi connectivity index (χ2n) is 5.25. The van der Waals surface area contributed by atoms with E-state index in [1.807, 2.05) is 18.5 Å². The lowest BCUT2D eigenvalue weighted by atomic mass is 10.1. The number of hydrogen-bond acceptors (Lipinski definition) is 3. The SMILES string of the molecule is COC(C)(C)C(=O)Nc1c(C)nn(C(C)C)c1C. The molecule has 1 heterocycles. The molecule has 5 nitrogen and oxygen atoms in total. The molecule has 1 aromatic heterocycles. The number of anilines is 1. The minimum atomic E-state index is -0.848. The minimum Gasteiger partial charge on any atom is -0.369 e. The molecular weight excluding hydrogens is 230 g/mol. The van der Waals surface area contributed by atoms with Crippen LogP contribution in [0.25, 0.3) is 0 Å². The topological polar surface area (TPSA) is 56.1 Å². The number of hydrogen-bond donors (Lipinski definition) is 1. The molecular formula is C13H23N3O2. The fraction of sp³-hybridized carbons (Fsp3) is 0.692. The average Bonchev–Trinajstić information content (AvgIpc) is 2.56. The molecule has 5 heteroatoms. The van der Waals surface area contributed by atoms with Crippen LogP contribution >= 0.6 is 0 Å². The van der Waals surface area contributed by atoms with E-state index in [1.54, 1.807) is 13.8 Å². The van der Waals surface area contributed by atoms with Crippen LogP contribution in [0.2, 0.25) is 0 Å². The molecule has 0 radical (unpaired) electrons. The van der Waals surface area contributed by atoms with Gasteiger partial charge in [0, 0.05) is 13.2 Å². The van der Waals surface area contributed by atoms with Crippen LogP contribution in [0.15, 0.2) is 0 Å². The normalized spacial score (nSPS) is 12.0. The number of ether oxygens (including phenoxy) is 1. The standard InChI is InChI=1S/C13H23N3O2/c1-8(2)16-10(4)11(9(3)15-16)14-12(17)13(5,6)18-7/h8H,1-7H3,(H,14,17). The predicted octanol–water partition coefficient (Wildman–Crippen LogP) is 2.44. The summed E-state index contributed by atoms with van der Waals surface area (Å²) < 4.78 is 7.07. The van der Waals surface area contributed by atoms with Gasteiger partial charge in [-0.25, -0.2) is 0 Å². The van der Waals surface area contributed by atoms with E-state index >= 15 is 0 Å². The summed E-state index contributed by atoms with van der Waals surface area (Å²) in [5, 5.41) is 7.33. The molecule has 0 aliphatic carbocycles. The van der Waals surface area contributed by atoms with Gasteiger partial charge in [-0.2, -0.15) is 5.10 Å². The van der Waals surface area contributed by atoms with Crippen molar-refractivity contribution in [1.82, 2.24) is 9.78 Å². The number of carbonyl (C=O) groups excluding carboxylic acids is 1. The molecule has 1 rings (SSSR count). The van der Waals surface area contributed by atoms with Crippen molar-refractivity contribution in [1.29, 1.82) is 0 Å². The summed E-state index contributed by atoms with van der Waals surface area (Å²) in [5.41, 5.74) is 1.71. The Morgan fingerprint density at radius 1 is 1.39 bits per heavy atom. The van der Waals surface area contributed by atoms with E-state index in [-0.39, 0.29) is 11.9 Å². The van der Waals surface area contributed by atoms with Gasteiger partial charge in [0.25, 0.3) is 5.91 Å². The second-order valence-corrected chi connectivity index (χ2v) is 5.25. The molecule has 102 valence electrons. The van der Waals surface area contributed by atoms with Crippen molar-refractivity contribution < 1.29 is 9.53 Å². The van der Waals surface area contributed by atoms with Gasteiger partial charge >= 0.3 is 0 Å². The highest BCUT2D eigenvalue weighted by Crippen LogP contribution is 2.23. The van der Waals surface area contributed by atoms with Crippen molar-refractivity contribution >= 4 is 11.6 Å². The first-order valence-corrected chi connectivity index (χ1v) is 6.13. The largest absolute Gasteiger partial charge is 0.369 e. The summed E-state index contributed by atoms with van der Waals surface area (Å²) in [4.78, 5) is 12.1. The van der Waals surface area contributed by atoms with E-state index in [0.29, 0.717) is 0 Å². The number of rotatable bonds is 4. The van der Waals surface area contributed by atoms with Gasteiger partial charge in [0.2, 0.25) is 0 Å². The van der Waals surface area contributed by atoms with Crippen molar-refractivity contribution in [2.45, 2.75) is 53.2 Å². The van der Waals surface area contributed by atoms with E-state index in [1.165, 1.54) is 7.11 Å². The Kier molecular flexibility index (Phi) is 4.16. The smallest absolute Gasteiger partial charge is 0.256 e. The van der Waals surface area contributed by atoms with Crippen LogP contribution in [0, 0.1) is 13.8 Å². The Bertz CT molecular complexity index is 447. The van der Waals surface area contributed by atoms with Gasteiger partial charge in [0.1, 0.15) is 5.60 Å². The van der Waals surface area contributed by atoms with Gasteiger partial charge in [0.05, 0.1) is 17.1 Å². The number of aromatic nitrogens is 2. The fourth-order valence-electron chi connectivity index (χ4n) is 1.70. The van der Waals surface area contributed by atoms with E-state index in [0.717, 1.165) is 17.1 Å². The lowest BCUT2D eigenvalue weighted by Gasteiger charge is -2.21. The molecule has 0 spiro atoms. The molecule has 0 aliphatic heterocycles. The van der Waals surface area contributed by atoms with E-state index in [9.17, 15) is 4.79 Å². The Balaban J connectivity index is 3.03. The number of amides is 1. The quantitative estimate of drug-likeness (QED) is 0.896. The van der Waals surface area contributed by atoms with Crippen LogP contribution in [0.3, 0.4) is 0 Å². The van der Waals surface area contributed by atoms with Crippen molar-refractivity contribution in [3.63, 3.8) is 0 Å². The number of nitrogens with zero attached hydrogens (tertiary/aromatic N) is 2. The Hall–Kier alpha value is -1.36. The van der Waals surface area contributed by atoms with E-state index in [2.05, 4.69) is 24.3 Å². The summed E-state index contributed by atoms with van der Waals surface area (Å²) in [6.07, 6.45) is 0. The van der Waals surface area contributed by atoms with Crippen LogP contribution < -0.4 is 5.32 Å². The summed E-state index contributed by atoms with van der Waals surface area (Å²) in [6, 6.07) is 0.268. The number of carbonyl (C=O) groups is 1. The van der Waals surface area contributed by atoms with Crippen LogP contribution in [0.5, 0.6) is 0 Å². The highest BCUT2D eigenvalue weighted by molar-refractivity contribution is 5.97. The summed E-state index contributed by atoms with van der Waals surface area (Å²) >= 11 is 0. The Morgan fingerprint density at radius 2 is 1.94 bits per heavy atom. The third-order valence-corrected chi connectivity index (χ3v) is 3.11. The first-order valence-electron chi connectivity index (χ1n) is 6.13. The first-order chi connectivity index (χ1) is 8.20. The van der Waals surface area contributed by atoms with Gasteiger partial charge in [-0.05, 0) is 41.5 Å². The molecule has 18 heavy (non-hydrogen) atoms. The molecule has 1 N–H and O–H groups in total. The van der Waals surface area contributed by atoms with Crippen molar-refractivity contribution in [2.24, 2.45) is 0 Å². The molecule has 0 saturated carbocycles. The van der Waals surface area contributed by atoms with Crippen LogP contribution in [-0.2, 0) is 9.53 Å². The summed E-state index contributed by atoms with van der Waals surface area (Å²) in [7, 11) is 1.52. The van der Waals surface area contributed by atoms with Crippen LogP contribution in [0.4, 0.5) is 5.69 Å². The summed E-state index contributed by atoms with van der Waals surface area (Å²) in [6.45, 7) is 11.4. The molecule has 0 unspecified atom stereocenters. The number of aryl methyl sites for hydroxylation is 1. The molecule has 0 saturated heterocycles. The second kappa shape index (κ2) is 5.10. The van der Waals surface area contributed by atoms with Gasteiger partial charge in [-0.15, -0.1) is 0 Å². The van der Waals surface area contributed by atoms with Crippen LogP contribution in [-0.4, -0.2) is 28.4 Å². The highest BCUT2D eigenvalue weighted by Gasteiger charge is 2.28. The lowest BCUT2D eigenvalue weighted by molar-refractivity contribution is -0.133. The zero-order valence-corrected chi connectivity index (χ0v) is 12.3. The maximum Gasteiger partial charge on any atom is 0.256 e. The monoisotopic (exact) mass is 253 g/mol. The van der Waals surface area contributed by atoms with Gasteiger partial charge in [-0.1, -0.05) is 0 Å². The van der Waals surface area contributed by atoms with E-state index in [4.69, 9.17) is 4.74 Å². The Labute approximate surface area is 109 Å². The molecule has 0 aromatic carbocycles. The highest BCUT2D eigenvalue weighted by atomic mass is 16.5. The number of methoxy groups -OCH3 is 1.